The normalized spacial score (nSPS) is 18.0. The second kappa shape index (κ2) is 12.2. The van der Waals surface area contributed by atoms with Crippen molar-refractivity contribution >= 4 is 11.9 Å². The lowest BCUT2D eigenvalue weighted by Gasteiger charge is -2.23. The molecule has 0 saturated heterocycles. The molecule has 1 aliphatic carbocycles. The molecule has 0 aromatic heterocycles. The molecule has 1 N–H and O–H groups in total. The van der Waals surface area contributed by atoms with Gasteiger partial charge in [0.15, 0.2) is 0 Å². The maximum atomic E-state index is 12.8. The van der Waals surface area contributed by atoms with E-state index in [-0.39, 0.29) is 23.8 Å². The van der Waals surface area contributed by atoms with Crippen LogP contribution in [-0.4, -0.2) is 31.6 Å². The first-order valence-electron chi connectivity index (χ1n) is 11.9. The second-order valence-corrected chi connectivity index (χ2v) is 8.52. The molecular formula is C28H35NO4. The number of aryl methyl sites for hydroxylation is 1. The summed E-state index contributed by atoms with van der Waals surface area (Å²) in [4.78, 5) is 25.6. The van der Waals surface area contributed by atoms with Gasteiger partial charge in [0.05, 0.1) is 19.6 Å². The van der Waals surface area contributed by atoms with Crippen LogP contribution in [0.25, 0.3) is 0 Å². The number of ether oxygens (including phenoxy) is 2. The van der Waals surface area contributed by atoms with Crippen molar-refractivity contribution in [1.29, 1.82) is 0 Å². The first-order chi connectivity index (χ1) is 16.0. The maximum absolute atomic E-state index is 12.8. The molecule has 0 bridgehead atoms. The van der Waals surface area contributed by atoms with E-state index in [4.69, 9.17) is 9.47 Å². The van der Waals surface area contributed by atoms with Crippen molar-refractivity contribution in [3.8, 4) is 5.75 Å². The molecule has 176 valence electrons. The van der Waals surface area contributed by atoms with Crippen LogP contribution in [0, 0.1) is 5.92 Å². The molecule has 1 amide bonds. The van der Waals surface area contributed by atoms with Crippen LogP contribution >= 0.6 is 0 Å². The first-order valence-corrected chi connectivity index (χ1v) is 11.9. The van der Waals surface area contributed by atoms with E-state index in [9.17, 15) is 9.59 Å². The zero-order valence-electron chi connectivity index (χ0n) is 19.9. The van der Waals surface area contributed by atoms with Crippen LogP contribution in [0.1, 0.15) is 66.9 Å². The molecule has 2 aromatic rings. The Morgan fingerprint density at radius 3 is 2.55 bits per heavy atom. The van der Waals surface area contributed by atoms with E-state index in [1.807, 2.05) is 67.6 Å². The molecule has 3 atom stereocenters. The van der Waals surface area contributed by atoms with Crippen LogP contribution in [0.2, 0.25) is 0 Å². The van der Waals surface area contributed by atoms with Gasteiger partial charge in [0.25, 0.3) is 5.91 Å². The van der Waals surface area contributed by atoms with E-state index in [2.05, 4.69) is 12.2 Å². The molecule has 0 aliphatic heterocycles. The number of benzene rings is 2. The van der Waals surface area contributed by atoms with Gasteiger partial charge >= 0.3 is 5.97 Å². The van der Waals surface area contributed by atoms with Gasteiger partial charge in [-0.15, -0.1) is 0 Å². The molecule has 5 nitrogen and oxygen atoms in total. The van der Waals surface area contributed by atoms with Gasteiger partial charge in [0, 0.05) is 11.6 Å². The van der Waals surface area contributed by atoms with Gasteiger partial charge in [-0.1, -0.05) is 56.2 Å². The van der Waals surface area contributed by atoms with Crippen LogP contribution in [-0.2, 0) is 16.0 Å². The van der Waals surface area contributed by atoms with Crippen LogP contribution in [0.15, 0.2) is 60.7 Å². The Kier molecular flexibility index (Phi) is 9.11. The molecule has 0 fully saturated rings. The Bertz CT molecular complexity index is 951. The molecule has 3 rings (SSSR count). The number of carbonyl (C=O) groups excluding carboxylic acids is 2. The van der Waals surface area contributed by atoms with Crippen LogP contribution < -0.4 is 10.1 Å². The topological polar surface area (TPSA) is 64.6 Å². The van der Waals surface area contributed by atoms with E-state index in [1.165, 1.54) is 24.8 Å². The van der Waals surface area contributed by atoms with Gasteiger partial charge in [-0.05, 0) is 67.5 Å². The molecule has 1 aliphatic rings. The Morgan fingerprint density at radius 2 is 1.85 bits per heavy atom. The summed E-state index contributed by atoms with van der Waals surface area (Å²) >= 11 is 0. The zero-order valence-corrected chi connectivity index (χ0v) is 19.9. The van der Waals surface area contributed by atoms with Crippen molar-refractivity contribution in [3.05, 3.63) is 77.4 Å². The third kappa shape index (κ3) is 6.70. The van der Waals surface area contributed by atoms with E-state index in [0.717, 1.165) is 12.0 Å². The monoisotopic (exact) mass is 449 g/mol. The fraction of sp³-hybridized carbons (Fsp3) is 0.429. The number of amides is 1. The number of hydrogen-bond acceptors (Lipinski definition) is 4. The van der Waals surface area contributed by atoms with Gasteiger partial charge in [-0.25, -0.2) is 0 Å². The van der Waals surface area contributed by atoms with Crippen molar-refractivity contribution in [1.82, 2.24) is 5.32 Å². The lowest BCUT2D eigenvalue weighted by molar-refractivity contribution is -0.146. The predicted octanol–water partition coefficient (Wildman–Crippen LogP) is 5.45. The lowest BCUT2D eigenvalue weighted by Crippen LogP contribution is -2.33. The van der Waals surface area contributed by atoms with Crippen molar-refractivity contribution in [3.63, 3.8) is 0 Å². The summed E-state index contributed by atoms with van der Waals surface area (Å²) in [5.74, 6) is -0.166. The molecule has 2 aromatic carbocycles. The number of nitrogens with one attached hydrogen (secondary N) is 1. The highest BCUT2D eigenvalue weighted by molar-refractivity contribution is 5.94. The smallest absolute Gasteiger partial charge is 0.314 e. The minimum atomic E-state index is -0.444. The van der Waals surface area contributed by atoms with Crippen molar-refractivity contribution in [2.75, 3.05) is 13.7 Å². The number of methoxy groups -OCH3 is 1. The summed E-state index contributed by atoms with van der Waals surface area (Å²) < 4.78 is 10.7. The molecule has 0 saturated carbocycles. The van der Waals surface area contributed by atoms with E-state index in [1.54, 1.807) is 7.11 Å². The summed E-state index contributed by atoms with van der Waals surface area (Å²) in [5.41, 5.74) is 2.77. The Labute approximate surface area is 197 Å². The quantitative estimate of drug-likeness (QED) is 0.281. The van der Waals surface area contributed by atoms with Gasteiger partial charge in [0.2, 0.25) is 0 Å². The minimum absolute atomic E-state index is 0.0672. The van der Waals surface area contributed by atoms with E-state index in [0.29, 0.717) is 24.3 Å². The molecule has 5 heteroatoms. The summed E-state index contributed by atoms with van der Waals surface area (Å²) in [7, 11) is 1.61. The Hall–Kier alpha value is -3.08. The average molecular weight is 450 g/mol. The van der Waals surface area contributed by atoms with Crippen LogP contribution in [0.4, 0.5) is 0 Å². The van der Waals surface area contributed by atoms with E-state index >= 15 is 0 Å². The summed E-state index contributed by atoms with van der Waals surface area (Å²) in [5, 5.41) is 3.09. The van der Waals surface area contributed by atoms with Gasteiger partial charge in [-0.3, -0.25) is 9.59 Å². The Balaban J connectivity index is 1.64. The van der Waals surface area contributed by atoms with Crippen molar-refractivity contribution in [2.24, 2.45) is 5.92 Å². The predicted molar refractivity (Wildman–Crippen MR) is 131 cm³/mol. The largest absolute Gasteiger partial charge is 0.497 e. The average Bonchev–Trinajstić information content (AvgIpc) is 3.28. The fourth-order valence-electron chi connectivity index (χ4n) is 4.36. The third-order valence-electron chi connectivity index (χ3n) is 6.14. The number of allylic oxidation sites excluding steroid dienone is 1. The number of carbonyl (C=O) groups is 2. The molecule has 0 unspecified atom stereocenters. The highest BCUT2D eigenvalue weighted by Gasteiger charge is 2.34. The molecule has 0 spiro atoms. The summed E-state index contributed by atoms with van der Waals surface area (Å²) in [6, 6.07) is 15.3. The highest BCUT2D eigenvalue weighted by Crippen LogP contribution is 2.35. The van der Waals surface area contributed by atoms with Crippen molar-refractivity contribution in [2.45, 2.75) is 57.9 Å². The number of esters is 1. The lowest BCUT2D eigenvalue weighted by atomic mass is 9.85. The molecular weight excluding hydrogens is 414 g/mol. The van der Waals surface area contributed by atoms with Gasteiger partial charge in [-0.2, -0.15) is 0 Å². The van der Waals surface area contributed by atoms with Crippen LogP contribution in [0.3, 0.4) is 0 Å². The molecule has 33 heavy (non-hydrogen) atoms. The van der Waals surface area contributed by atoms with Gasteiger partial charge in [0.1, 0.15) is 5.75 Å². The van der Waals surface area contributed by atoms with Crippen LogP contribution in [0.5, 0.6) is 5.75 Å². The first kappa shape index (κ1) is 24.6. The van der Waals surface area contributed by atoms with Crippen molar-refractivity contribution < 1.29 is 19.1 Å². The second-order valence-electron chi connectivity index (χ2n) is 8.52. The van der Waals surface area contributed by atoms with E-state index < -0.39 is 5.92 Å². The fourth-order valence-corrected chi connectivity index (χ4v) is 4.36. The Morgan fingerprint density at radius 1 is 1.06 bits per heavy atom. The number of rotatable bonds is 11. The summed E-state index contributed by atoms with van der Waals surface area (Å²) in [6.07, 6.45) is 9.27. The maximum Gasteiger partial charge on any atom is 0.314 e. The zero-order chi connectivity index (χ0) is 23.6. The number of hydrogen-bond donors (Lipinski definition) is 1. The van der Waals surface area contributed by atoms with Gasteiger partial charge < -0.3 is 14.8 Å². The third-order valence-corrected chi connectivity index (χ3v) is 6.14. The molecule has 0 heterocycles. The molecule has 0 radical (unpaired) electrons. The standard InChI is InChI=1S/C28H35NO4/c1-4-6-7-9-20-12-14-21(15-13-20)27(30)29-24-17-16-23(18-24)26(28(31)33-5-2)22-10-8-11-25(19-22)32-3/h8,10-17,19,23-24,26H,4-7,9,18H2,1-3H3,(H,29,30)/t23-,24+,26+/m0/s1. The summed E-state index contributed by atoms with van der Waals surface area (Å²) in [6.45, 7) is 4.33. The highest BCUT2D eigenvalue weighted by atomic mass is 16.5. The SMILES string of the molecule is CCCCCc1ccc(C(=O)N[C@@H]2C=C[C@H]([C@H](C(=O)OCC)c3cccc(OC)c3)C2)cc1. The number of unbranched alkanes of at least 4 members (excludes halogenated alkanes) is 2. The minimum Gasteiger partial charge on any atom is -0.497 e.